The smallest absolute Gasteiger partial charge is 0.330 e. The molecule has 4 saturated carbocycles. The average Bonchev–Trinajstić information content (AvgIpc) is 3.28. The van der Waals surface area contributed by atoms with Crippen LogP contribution in [0.5, 0.6) is 0 Å². The Hall–Kier alpha value is -4.91. The lowest BCUT2D eigenvalue weighted by Gasteiger charge is -2.33. The number of unbranched alkanes of at least 4 members (excludes halogenated alkanes) is 1. The molecule has 4 N–H and O–H groups in total. The first-order valence-electron chi connectivity index (χ1n) is 22.1. The summed E-state index contributed by atoms with van der Waals surface area (Å²) in [6.45, 7) is 13.9. The summed E-state index contributed by atoms with van der Waals surface area (Å²) in [6.07, 6.45) is 5.41. The molecule has 18 heteroatoms. The Kier molecular flexibility index (Phi) is 23.5. The molecular formula is C46H66O18. The fraction of sp³-hybridized carbons (Fsp3) is 0.674. The maximum Gasteiger partial charge on any atom is 0.330 e. The van der Waals surface area contributed by atoms with Crippen molar-refractivity contribution in [1.82, 2.24) is 0 Å². The highest BCUT2D eigenvalue weighted by molar-refractivity contribution is 5.82. The van der Waals surface area contributed by atoms with E-state index in [0.29, 0.717) is 83.5 Å². The molecule has 0 amide bonds. The molecule has 4 fully saturated rings. The van der Waals surface area contributed by atoms with Gasteiger partial charge in [0.05, 0.1) is 50.2 Å². The zero-order valence-electron chi connectivity index (χ0n) is 36.5. The minimum absolute atomic E-state index is 0.000216. The Balaban J connectivity index is 0.000000351. The molecule has 0 heterocycles. The second kappa shape index (κ2) is 28.1. The van der Waals surface area contributed by atoms with Crippen LogP contribution in [0.1, 0.15) is 103 Å². The molecule has 0 aromatic carbocycles. The van der Waals surface area contributed by atoms with E-state index >= 15 is 0 Å². The van der Waals surface area contributed by atoms with E-state index in [1.807, 2.05) is 0 Å². The molecule has 12 unspecified atom stereocenters. The molecule has 4 aliphatic rings. The lowest BCUT2D eigenvalue weighted by atomic mass is 9.84. The largest absolute Gasteiger partial charge is 0.465 e. The first-order chi connectivity index (χ1) is 30.5. The van der Waals surface area contributed by atoms with Crippen LogP contribution in [-0.2, 0) is 66.7 Å². The Bertz CT molecular complexity index is 1550. The van der Waals surface area contributed by atoms with Crippen molar-refractivity contribution in [3.05, 3.63) is 50.6 Å². The topological polar surface area (TPSA) is 265 Å². The van der Waals surface area contributed by atoms with E-state index in [0.717, 1.165) is 24.3 Å². The van der Waals surface area contributed by atoms with Crippen LogP contribution >= 0.6 is 0 Å². The molecule has 0 radical (unpaired) electrons. The van der Waals surface area contributed by atoms with Crippen molar-refractivity contribution in [2.45, 2.75) is 152 Å². The molecule has 0 spiro atoms. The molecule has 64 heavy (non-hydrogen) atoms. The van der Waals surface area contributed by atoms with E-state index < -0.39 is 84.6 Å². The zero-order valence-corrected chi connectivity index (χ0v) is 36.5. The standard InChI is InChI=1S/C26H38O10.C20H28O8/c1-3-23(29)35-21-11-9-17(13-19(21)27)15-33-25(31)7-5-6-8-26(32)34-16-18-10-12-22(20(28)14-18)36-24(30)4-2;1-3-18(23)27-16-9-12(5-7-14(16)21)11-26-20(25)13-6-8-15(22)17(10-13)28-19(24)4-2/h3-4,17-22,27-28H,1-2,5-16H2;3-4,12-17,21-22H,1-2,5-11H2. The van der Waals surface area contributed by atoms with Crippen LogP contribution in [0, 0.1) is 23.7 Å². The third-order valence-corrected chi connectivity index (χ3v) is 11.9. The van der Waals surface area contributed by atoms with Crippen molar-refractivity contribution in [3.63, 3.8) is 0 Å². The minimum atomic E-state index is -0.812. The maximum absolute atomic E-state index is 12.4. The van der Waals surface area contributed by atoms with Gasteiger partial charge >= 0.3 is 41.8 Å². The number of hydrogen-bond donors (Lipinski definition) is 4. The second-order valence-electron chi connectivity index (χ2n) is 16.7. The Morgan fingerprint density at radius 1 is 0.422 bits per heavy atom. The highest BCUT2D eigenvalue weighted by atomic mass is 16.6. The third kappa shape index (κ3) is 19.1. The quantitative estimate of drug-likeness (QED) is 0.0591. The van der Waals surface area contributed by atoms with Crippen LogP contribution in [0.3, 0.4) is 0 Å². The van der Waals surface area contributed by atoms with E-state index in [2.05, 4.69) is 26.3 Å². The summed E-state index contributed by atoms with van der Waals surface area (Å²) < 4.78 is 36.5. The Morgan fingerprint density at radius 3 is 1.20 bits per heavy atom. The highest BCUT2D eigenvalue weighted by Gasteiger charge is 2.38. The highest BCUT2D eigenvalue weighted by Crippen LogP contribution is 2.32. The van der Waals surface area contributed by atoms with Gasteiger partial charge in [0, 0.05) is 43.6 Å². The fourth-order valence-corrected chi connectivity index (χ4v) is 8.12. The van der Waals surface area contributed by atoms with Crippen molar-refractivity contribution in [3.8, 4) is 0 Å². The lowest BCUT2D eigenvalue weighted by molar-refractivity contribution is -0.165. The summed E-state index contributed by atoms with van der Waals surface area (Å²) in [7, 11) is 0. The lowest BCUT2D eigenvalue weighted by Crippen LogP contribution is -2.41. The van der Waals surface area contributed by atoms with E-state index in [9.17, 15) is 54.0 Å². The third-order valence-electron chi connectivity index (χ3n) is 11.9. The van der Waals surface area contributed by atoms with E-state index in [-0.39, 0.29) is 68.8 Å². The van der Waals surface area contributed by atoms with E-state index in [1.165, 1.54) is 0 Å². The van der Waals surface area contributed by atoms with Gasteiger partial charge in [0.2, 0.25) is 0 Å². The van der Waals surface area contributed by atoms with Gasteiger partial charge in [0.25, 0.3) is 0 Å². The van der Waals surface area contributed by atoms with Crippen LogP contribution in [0.2, 0.25) is 0 Å². The summed E-state index contributed by atoms with van der Waals surface area (Å²) in [5.41, 5.74) is 0. The molecule has 0 aliphatic heterocycles. The summed E-state index contributed by atoms with van der Waals surface area (Å²) in [6, 6.07) is 0. The molecule has 4 aliphatic carbocycles. The van der Waals surface area contributed by atoms with Gasteiger partial charge < -0.3 is 53.6 Å². The predicted octanol–water partition coefficient (Wildman–Crippen LogP) is 3.20. The number of esters is 7. The molecule has 4 rings (SSSR count). The summed E-state index contributed by atoms with van der Waals surface area (Å²) in [5, 5.41) is 40.2. The Morgan fingerprint density at radius 2 is 0.781 bits per heavy atom. The van der Waals surface area contributed by atoms with Crippen molar-refractivity contribution in [2.24, 2.45) is 23.7 Å². The first-order valence-corrected chi connectivity index (χ1v) is 22.1. The molecule has 358 valence electrons. The minimum Gasteiger partial charge on any atom is -0.465 e. The van der Waals surface area contributed by atoms with Gasteiger partial charge in [0.1, 0.15) is 24.4 Å². The van der Waals surface area contributed by atoms with Crippen LogP contribution in [-0.4, -0.2) is 131 Å². The van der Waals surface area contributed by atoms with Crippen molar-refractivity contribution >= 4 is 41.8 Å². The average molecular weight is 907 g/mol. The molecule has 0 aromatic heterocycles. The summed E-state index contributed by atoms with van der Waals surface area (Å²) in [4.78, 5) is 81.7. The predicted molar refractivity (Wildman–Crippen MR) is 225 cm³/mol. The SMILES string of the molecule is C=CC(=O)OC1CC(COC(=O)C2CCC(O)C(OC(=O)C=C)C2)CCC1O.C=CC(=O)OC1CCC(COC(=O)CCCCC(=O)OCC2CCC(OC(=O)C=C)C(O)C2)CC1O. The van der Waals surface area contributed by atoms with E-state index in [1.54, 1.807) is 0 Å². The van der Waals surface area contributed by atoms with Crippen molar-refractivity contribution in [2.75, 3.05) is 19.8 Å². The number of hydrogen-bond acceptors (Lipinski definition) is 18. The molecule has 18 nitrogen and oxygen atoms in total. The van der Waals surface area contributed by atoms with Crippen molar-refractivity contribution in [1.29, 1.82) is 0 Å². The van der Waals surface area contributed by atoms with Crippen molar-refractivity contribution < 1.29 is 87.1 Å². The normalized spacial score (nSPS) is 29.9. The number of aliphatic hydroxyl groups excluding tert-OH is 4. The molecule has 12 atom stereocenters. The van der Waals surface area contributed by atoms with Gasteiger partial charge in [-0.3, -0.25) is 14.4 Å². The summed E-state index contributed by atoms with van der Waals surface area (Å²) in [5.74, 6) is -3.99. The van der Waals surface area contributed by atoms with Gasteiger partial charge in [-0.05, 0) is 101 Å². The molecule has 0 bridgehead atoms. The number of carbonyl (C=O) groups excluding carboxylic acids is 7. The van der Waals surface area contributed by atoms with Gasteiger partial charge in [-0.1, -0.05) is 26.3 Å². The Labute approximate surface area is 373 Å². The van der Waals surface area contributed by atoms with Gasteiger partial charge in [0.15, 0.2) is 0 Å². The van der Waals surface area contributed by atoms with E-state index in [4.69, 9.17) is 33.2 Å². The number of ether oxygens (including phenoxy) is 7. The van der Waals surface area contributed by atoms with Crippen LogP contribution in [0.4, 0.5) is 0 Å². The maximum atomic E-state index is 12.4. The number of carbonyl (C=O) groups is 7. The van der Waals surface area contributed by atoms with Gasteiger partial charge in [-0.15, -0.1) is 0 Å². The summed E-state index contributed by atoms with van der Waals surface area (Å²) >= 11 is 0. The zero-order chi connectivity index (χ0) is 47.2. The first kappa shape index (κ1) is 53.4. The fourth-order valence-electron chi connectivity index (χ4n) is 8.12. The number of rotatable bonds is 20. The van der Waals surface area contributed by atoms with Gasteiger partial charge in [-0.2, -0.15) is 0 Å². The van der Waals surface area contributed by atoms with Gasteiger partial charge in [-0.25, -0.2) is 19.2 Å². The van der Waals surface area contributed by atoms with Crippen LogP contribution in [0.15, 0.2) is 50.6 Å². The number of aliphatic hydroxyl groups is 4. The molecule has 0 saturated heterocycles. The molecule has 0 aromatic rings. The van der Waals surface area contributed by atoms with Crippen LogP contribution in [0.25, 0.3) is 0 Å². The molecular weight excluding hydrogens is 840 g/mol. The van der Waals surface area contributed by atoms with Crippen LogP contribution < -0.4 is 0 Å². The monoisotopic (exact) mass is 906 g/mol. The second-order valence-corrected chi connectivity index (χ2v) is 16.7.